The molecular weight excluding hydrogens is 294 g/mol. The Morgan fingerprint density at radius 2 is 2.00 bits per heavy atom. The third kappa shape index (κ3) is 5.13. The van der Waals surface area contributed by atoms with E-state index in [1.54, 1.807) is 7.11 Å². The Balaban J connectivity index is 1.94. The number of likely N-dealkylation sites (tertiary alicyclic amines) is 1. The highest BCUT2D eigenvalue weighted by Crippen LogP contribution is 2.29. The first-order valence-electron chi connectivity index (χ1n) is 8.24. The second-order valence-corrected chi connectivity index (χ2v) is 6.58. The molecular formula is C18H27NO4. The summed E-state index contributed by atoms with van der Waals surface area (Å²) >= 11 is 0. The van der Waals surface area contributed by atoms with Gasteiger partial charge in [-0.3, -0.25) is 9.69 Å². The topological polar surface area (TPSA) is 59.0 Å². The van der Waals surface area contributed by atoms with Gasteiger partial charge in [0.15, 0.2) is 11.5 Å². The summed E-state index contributed by atoms with van der Waals surface area (Å²) in [7, 11) is 1.65. The first-order valence-corrected chi connectivity index (χ1v) is 8.24. The third-order valence-electron chi connectivity index (χ3n) is 4.14. The van der Waals surface area contributed by atoms with Crippen LogP contribution in [0.3, 0.4) is 0 Å². The summed E-state index contributed by atoms with van der Waals surface area (Å²) in [6.45, 7) is 7.35. The molecule has 0 unspecified atom stereocenters. The molecule has 0 aliphatic carbocycles. The fourth-order valence-corrected chi connectivity index (χ4v) is 2.78. The predicted molar refractivity (Wildman–Crippen MR) is 89.0 cm³/mol. The Bertz CT molecular complexity index is 522. The van der Waals surface area contributed by atoms with Crippen molar-refractivity contribution in [3.8, 4) is 11.5 Å². The average Bonchev–Trinajstić information content (AvgIpc) is 2.53. The van der Waals surface area contributed by atoms with Crippen LogP contribution in [0.4, 0.5) is 0 Å². The highest BCUT2D eigenvalue weighted by Gasteiger charge is 2.24. The van der Waals surface area contributed by atoms with Crippen LogP contribution in [0, 0.1) is 11.8 Å². The number of aliphatic carboxylic acids is 1. The highest BCUT2D eigenvalue weighted by atomic mass is 16.5. The minimum Gasteiger partial charge on any atom is -0.493 e. The lowest BCUT2D eigenvalue weighted by molar-refractivity contribution is -0.143. The van der Waals surface area contributed by atoms with E-state index in [0.717, 1.165) is 49.5 Å². The number of piperidine rings is 1. The summed E-state index contributed by atoms with van der Waals surface area (Å²) in [5, 5.41) is 9.05. The number of hydrogen-bond acceptors (Lipinski definition) is 4. The number of nitrogens with zero attached hydrogens (tertiary/aromatic N) is 1. The Labute approximate surface area is 138 Å². The Morgan fingerprint density at radius 3 is 2.57 bits per heavy atom. The molecule has 5 heteroatoms. The number of methoxy groups -OCH3 is 1. The molecule has 0 radical (unpaired) electrons. The third-order valence-corrected chi connectivity index (χ3v) is 4.14. The molecule has 1 aliphatic heterocycles. The molecule has 1 fully saturated rings. The summed E-state index contributed by atoms with van der Waals surface area (Å²) < 4.78 is 11.2. The van der Waals surface area contributed by atoms with Crippen molar-refractivity contribution in [2.24, 2.45) is 11.8 Å². The molecule has 0 atom stereocenters. The molecule has 1 aromatic rings. The maximum absolute atomic E-state index is 11.0. The number of ether oxygens (including phenoxy) is 2. The lowest BCUT2D eigenvalue weighted by Gasteiger charge is -2.30. The summed E-state index contributed by atoms with van der Waals surface area (Å²) in [4.78, 5) is 13.3. The van der Waals surface area contributed by atoms with E-state index >= 15 is 0 Å². The molecule has 1 N–H and O–H groups in total. The van der Waals surface area contributed by atoms with Crippen LogP contribution in [-0.4, -0.2) is 42.8 Å². The van der Waals surface area contributed by atoms with Gasteiger partial charge in [0.25, 0.3) is 0 Å². The monoisotopic (exact) mass is 321 g/mol. The van der Waals surface area contributed by atoms with Gasteiger partial charge in [0.2, 0.25) is 0 Å². The van der Waals surface area contributed by atoms with Crippen molar-refractivity contribution >= 4 is 5.97 Å². The van der Waals surface area contributed by atoms with Gasteiger partial charge >= 0.3 is 5.97 Å². The molecule has 1 aromatic carbocycles. The van der Waals surface area contributed by atoms with Gasteiger partial charge in [-0.2, -0.15) is 0 Å². The first kappa shape index (κ1) is 17.6. The van der Waals surface area contributed by atoms with Gasteiger partial charge in [-0.05, 0) is 49.5 Å². The summed E-state index contributed by atoms with van der Waals surface area (Å²) in [5.41, 5.74) is 1.16. The SMILES string of the molecule is COc1cc(CN2CCC(C(=O)O)CC2)ccc1OCC(C)C. The predicted octanol–water partition coefficient (Wildman–Crippen LogP) is 3.03. The van der Waals surface area contributed by atoms with E-state index in [1.807, 2.05) is 12.1 Å². The van der Waals surface area contributed by atoms with Crippen LogP contribution in [0.1, 0.15) is 32.3 Å². The quantitative estimate of drug-likeness (QED) is 0.836. The molecule has 23 heavy (non-hydrogen) atoms. The van der Waals surface area contributed by atoms with E-state index in [-0.39, 0.29) is 5.92 Å². The molecule has 1 saturated heterocycles. The maximum Gasteiger partial charge on any atom is 0.306 e. The second-order valence-electron chi connectivity index (χ2n) is 6.58. The van der Waals surface area contributed by atoms with Gasteiger partial charge in [-0.15, -0.1) is 0 Å². The lowest BCUT2D eigenvalue weighted by Crippen LogP contribution is -2.35. The van der Waals surface area contributed by atoms with E-state index < -0.39 is 5.97 Å². The van der Waals surface area contributed by atoms with E-state index in [9.17, 15) is 4.79 Å². The summed E-state index contributed by atoms with van der Waals surface area (Å²) in [6, 6.07) is 6.03. The van der Waals surface area contributed by atoms with Crippen LogP contribution in [0.15, 0.2) is 18.2 Å². The maximum atomic E-state index is 11.0. The van der Waals surface area contributed by atoms with Crippen LogP contribution in [0.2, 0.25) is 0 Å². The molecule has 1 aliphatic rings. The van der Waals surface area contributed by atoms with Crippen LogP contribution in [0.5, 0.6) is 11.5 Å². The minimum absolute atomic E-state index is 0.187. The van der Waals surface area contributed by atoms with Crippen molar-refractivity contribution in [2.45, 2.75) is 33.2 Å². The second kappa shape index (κ2) is 8.20. The molecule has 0 aromatic heterocycles. The largest absolute Gasteiger partial charge is 0.493 e. The standard InChI is InChI=1S/C18H27NO4/c1-13(2)12-23-16-5-4-14(10-17(16)22-3)11-19-8-6-15(7-9-19)18(20)21/h4-5,10,13,15H,6-9,11-12H2,1-3H3,(H,20,21). The lowest BCUT2D eigenvalue weighted by atomic mass is 9.97. The van der Waals surface area contributed by atoms with Gasteiger partial charge < -0.3 is 14.6 Å². The van der Waals surface area contributed by atoms with Gasteiger partial charge in [0.1, 0.15) is 0 Å². The van der Waals surface area contributed by atoms with Crippen molar-refractivity contribution in [1.29, 1.82) is 0 Å². The van der Waals surface area contributed by atoms with Crippen LogP contribution in [-0.2, 0) is 11.3 Å². The zero-order valence-electron chi connectivity index (χ0n) is 14.2. The number of carboxylic acid groups (broad SMARTS) is 1. The van der Waals surface area contributed by atoms with Crippen LogP contribution < -0.4 is 9.47 Å². The van der Waals surface area contributed by atoms with Crippen molar-refractivity contribution in [1.82, 2.24) is 4.90 Å². The molecule has 2 rings (SSSR count). The van der Waals surface area contributed by atoms with Gasteiger partial charge in [-0.1, -0.05) is 19.9 Å². The molecule has 0 spiro atoms. The fraction of sp³-hybridized carbons (Fsp3) is 0.611. The number of hydrogen-bond donors (Lipinski definition) is 1. The normalized spacial score (nSPS) is 16.5. The minimum atomic E-state index is -0.669. The smallest absolute Gasteiger partial charge is 0.306 e. The van der Waals surface area contributed by atoms with Crippen molar-refractivity contribution in [3.05, 3.63) is 23.8 Å². The number of benzene rings is 1. The zero-order valence-corrected chi connectivity index (χ0v) is 14.2. The number of rotatable bonds is 7. The molecule has 0 amide bonds. The zero-order chi connectivity index (χ0) is 16.8. The fourth-order valence-electron chi connectivity index (χ4n) is 2.78. The highest BCUT2D eigenvalue weighted by molar-refractivity contribution is 5.70. The molecule has 1 heterocycles. The average molecular weight is 321 g/mol. The van der Waals surface area contributed by atoms with Gasteiger partial charge in [-0.25, -0.2) is 0 Å². The summed E-state index contributed by atoms with van der Waals surface area (Å²) in [5.74, 6) is 1.14. The van der Waals surface area contributed by atoms with Gasteiger partial charge in [0, 0.05) is 6.54 Å². The Hall–Kier alpha value is -1.75. The number of carbonyl (C=O) groups is 1. The molecule has 0 saturated carbocycles. The van der Waals surface area contributed by atoms with Crippen LogP contribution >= 0.6 is 0 Å². The molecule has 0 bridgehead atoms. The van der Waals surface area contributed by atoms with E-state index in [0.29, 0.717) is 12.5 Å². The molecule has 5 nitrogen and oxygen atoms in total. The Morgan fingerprint density at radius 1 is 1.30 bits per heavy atom. The van der Waals surface area contributed by atoms with Gasteiger partial charge in [0.05, 0.1) is 19.6 Å². The Kier molecular flexibility index (Phi) is 6.28. The molecule has 128 valence electrons. The van der Waals surface area contributed by atoms with E-state index in [2.05, 4.69) is 24.8 Å². The van der Waals surface area contributed by atoms with Crippen molar-refractivity contribution in [2.75, 3.05) is 26.8 Å². The van der Waals surface area contributed by atoms with E-state index in [1.165, 1.54) is 0 Å². The first-order chi connectivity index (χ1) is 11.0. The van der Waals surface area contributed by atoms with E-state index in [4.69, 9.17) is 14.6 Å². The van der Waals surface area contributed by atoms with Crippen molar-refractivity contribution in [3.63, 3.8) is 0 Å². The number of carboxylic acids is 1. The van der Waals surface area contributed by atoms with Crippen molar-refractivity contribution < 1.29 is 19.4 Å². The van der Waals surface area contributed by atoms with Crippen LogP contribution in [0.25, 0.3) is 0 Å². The summed E-state index contributed by atoms with van der Waals surface area (Å²) in [6.07, 6.45) is 1.45.